The third-order valence-electron chi connectivity index (χ3n) is 1.51. The van der Waals surface area contributed by atoms with Crippen LogP contribution in [0.15, 0.2) is 0 Å². The zero-order valence-corrected chi connectivity index (χ0v) is 5.38. The van der Waals surface area contributed by atoms with Crippen molar-refractivity contribution in [3.8, 4) is 0 Å². The van der Waals surface area contributed by atoms with E-state index in [0.29, 0.717) is 0 Å². The molecule has 0 radical (unpaired) electrons. The van der Waals surface area contributed by atoms with Crippen molar-refractivity contribution in [3.63, 3.8) is 0 Å². The van der Waals surface area contributed by atoms with Gasteiger partial charge in [0, 0.05) is 25.7 Å². The lowest BCUT2D eigenvalue weighted by Crippen LogP contribution is -2.54. The predicted octanol–water partition coefficient (Wildman–Crippen LogP) is -1.87. The van der Waals surface area contributed by atoms with Crippen LogP contribution in [0.5, 0.6) is 0 Å². The molecule has 0 aromatic heterocycles. The zero-order chi connectivity index (χ0) is 6.69. The highest BCUT2D eigenvalue weighted by Gasteiger charge is 2.14. The van der Waals surface area contributed by atoms with Gasteiger partial charge in [0.05, 0.1) is 6.61 Å². The van der Waals surface area contributed by atoms with E-state index < -0.39 is 0 Å². The van der Waals surface area contributed by atoms with E-state index in [2.05, 4.69) is 5.32 Å². The molecule has 1 heterocycles. The minimum absolute atomic E-state index is 0.170. The van der Waals surface area contributed by atoms with Gasteiger partial charge < -0.3 is 10.4 Å². The van der Waals surface area contributed by atoms with E-state index in [1.807, 2.05) is 0 Å². The standard InChI is InChI=1S/C5H13N3O/c6-8-2-1-7-5(3-8)4-9/h5,7,9H,1-4,6H2. The largest absolute Gasteiger partial charge is 0.395 e. The van der Waals surface area contributed by atoms with Crippen molar-refractivity contribution < 1.29 is 5.11 Å². The fraction of sp³-hybridized carbons (Fsp3) is 1.00. The summed E-state index contributed by atoms with van der Waals surface area (Å²) in [7, 11) is 0. The smallest absolute Gasteiger partial charge is 0.0597 e. The van der Waals surface area contributed by atoms with Crippen molar-refractivity contribution in [2.24, 2.45) is 5.84 Å². The highest BCUT2D eigenvalue weighted by atomic mass is 16.3. The number of nitrogens with zero attached hydrogens (tertiary/aromatic N) is 1. The van der Waals surface area contributed by atoms with Crippen LogP contribution in [0.1, 0.15) is 0 Å². The van der Waals surface area contributed by atoms with Crippen LogP contribution in [-0.2, 0) is 0 Å². The van der Waals surface area contributed by atoms with Gasteiger partial charge in [0.2, 0.25) is 0 Å². The van der Waals surface area contributed by atoms with E-state index in [-0.39, 0.29) is 12.6 Å². The van der Waals surface area contributed by atoms with E-state index in [4.69, 9.17) is 10.9 Å². The number of piperazine rings is 1. The van der Waals surface area contributed by atoms with Crippen LogP contribution >= 0.6 is 0 Å². The van der Waals surface area contributed by atoms with E-state index in [0.717, 1.165) is 19.6 Å². The first-order valence-electron chi connectivity index (χ1n) is 3.17. The summed E-state index contributed by atoms with van der Waals surface area (Å²) >= 11 is 0. The van der Waals surface area contributed by atoms with Crippen molar-refractivity contribution >= 4 is 0 Å². The van der Waals surface area contributed by atoms with Crippen molar-refractivity contribution in [1.29, 1.82) is 0 Å². The summed E-state index contributed by atoms with van der Waals surface area (Å²) in [4.78, 5) is 0. The molecule has 0 aromatic carbocycles. The van der Waals surface area contributed by atoms with Crippen molar-refractivity contribution in [2.45, 2.75) is 6.04 Å². The number of hydrazine groups is 1. The SMILES string of the molecule is NN1CCNC(CO)C1. The molecule has 0 aliphatic carbocycles. The molecule has 0 amide bonds. The number of hydrogen-bond acceptors (Lipinski definition) is 4. The van der Waals surface area contributed by atoms with Gasteiger partial charge in [0.1, 0.15) is 0 Å². The van der Waals surface area contributed by atoms with Gasteiger partial charge in [0.25, 0.3) is 0 Å². The average molecular weight is 131 g/mol. The van der Waals surface area contributed by atoms with Crippen LogP contribution in [-0.4, -0.2) is 42.4 Å². The second kappa shape index (κ2) is 3.12. The van der Waals surface area contributed by atoms with Crippen LogP contribution in [0.25, 0.3) is 0 Å². The molecular weight excluding hydrogens is 118 g/mol. The van der Waals surface area contributed by atoms with Gasteiger partial charge in [-0.15, -0.1) is 0 Å². The summed E-state index contributed by atoms with van der Waals surface area (Å²) in [5.41, 5.74) is 0. The Labute approximate surface area is 54.6 Å². The maximum atomic E-state index is 8.66. The number of nitrogens with one attached hydrogen (secondary N) is 1. The molecule has 1 aliphatic rings. The molecule has 9 heavy (non-hydrogen) atoms. The molecule has 1 rings (SSSR count). The lowest BCUT2D eigenvalue weighted by molar-refractivity contribution is 0.150. The van der Waals surface area contributed by atoms with Crippen LogP contribution < -0.4 is 11.2 Å². The molecule has 1 atom stereocenters. The first-order valence-corrected chi connectivity index (χ1v) is 3.17. The minimum Gasteiger partial charge on any atom is -0.395 e. The van der Waals surface area contributed by atoms with E-state index >= 15 is 0 Å². The van der Waals surface area contributed by atoms with Gasteiger partial charge in [-0.05, 0) is 0 Å². The average Bonchev–Trinajstić information content (AvgIpc) is 1.88. The fourth-order valence-electron chi connectivity index (χ4n) is 0.973. The first-order chi connectivity index (χ1) is 4.33. The molecule has 1 fully saturated rings. The Kier molecular flexibility index (Phi) is 2.41. The number of rotatable bonds is 1. The minimum atomic E-state index is 0.170. The third kappa shape index (κ3) is 1.91. The van der Waals surface area contributed by atoms with E-state index in [1.54, 1.807) is 5.01 Å². The van der Waals surface area contributed by atoms with Gasteiger partial charge in [-0.3, -0.25) is 5.84 Å². The van der Waals surface area contributed by atoms with Crippen molar-refractivity contribution in [2.75, 3.05) is 26.2 Å². The first kappa shape index (κ1) is 6.95. The van der Waals surface area contributed by atoms with Crippen molar-refractivity contribution in [1.82, 2.24) is 10.3 Å². The number of nitrogens with two attached hydrogens (primary N) is 1. The number of hydrogen-bond donors (Lipinski definition) is 3. The molecule has 0 saturated carbocycles. The normalized spacial score (nSPS) is 30.7. The predicted molar refractivity (Wildman–Crippen MR) is 34.6 cm³/mol. The van der Waals surface area contributed by atoms with Crippen LogP contribution in [0.2, 0.25) is 0 Å². The second-order valence-corrected chi connectivity index (χ2v) is 2.33. The Bertz CT molecular complexity index is 88.3. The van der Waals surface area contributed by atoms with Crippen LogP contribution in [0, 0.1) is 0 Å². The Balaban J connectivity index is 2.23. The van der Waals surface area contributed by atoms with Gasteiger partial charge in [0.15, 0.2) is 0 Å². The highest BCUT2D eigenvalue weighted by molar-refractivity contribution is 4.74. The van der Waals surface area contributed by atoms with Crippen molar-refractivity contribution in [3.05, 3.63) is 0 Å². The molecular formula is C5H13N3O. The number of aliphatic hydroxyl groups is 1. The molecule has 0 spiro atoms. The molecule has 1 aliphatic heterocycles. The Hall–Kier alpha value is -0.160. The second-order valence-electron chi connectivity index (χ2n) is 2.33. The molecule has 1 unspecified atom stereocenters. The van der Waals surface area contributed by atoms with Gasteiger partial charge in [-0.2, -0.15) is 0 Å². The molecule has 0 bridgehead atoms. The molecule has 54 valence electrons. The highest BCUT2D eigenvalue weighted by Crippen LogP contribution is 1.90. The molecule has 4 heteroatoms. The Morgan fingerprint density at radius 1 is 1.78 bits per heavy atom. The monoisotopic (exact) mass is 131 g/mol. The maximum Gasteiger partial charge on any atom is 0.0597 e. The van der Waals surface area contributed by atoms with E-state index in [1.165, 1.54) is 0 Å². The summed E-state index contributed by atoms with van der Waals surface area (Å²) < 4.78 is 0. The molecule has 4 nitrogen and oxygen atoms in total. The van der Waals surface area contributed by atoms with Crippen LogP contribution in [0.4, 0.5) is 0 Å². The molecule has 1 saturated heterocycles. The van der Waals surface area contributed by atoms with Crippen LogP contribution in [0.3, 0.4) is 0 Å². The summed E-state index contributed by atoms with van der Waals surface area (Å²) in [6.45, 7) is 2.67. The van der Waals surface area contributed by atoms with Gasteiger partial charge in [-0.25, -0.2) is 5.01 Å². The Morgan fingerprint density at radius 2 is 2.56 bits per heavy atom. The Morgan fingerprint density at radius 3 is 3.00 bits per heavy atom. The van der Waals surface area contributed by atoms with Gasteiger partial charge in [-0.1, -0.05) is 0 Å². The lowest BCUT2D eigenvalue weighted by atomic mass is 10.2. The van der Waals surface area contributed by atoms with E-state index in [9.17, 15) is 0 Å². The zero-order valence-electron chi connectivity index (χ0n) is 5.38. The quantitative estimate of drug-likeness (QED) is 0.365. The fourth-order valence-corrected chi connectivity index (χ4v) is 0.973. The van der Waals surface area contributed by atoms with Gasteiger partial charge >= 0.3 is 0 Å². The summed E-state index contributed by atoms with van der Waals surface area (Å²) in [5.74, 6) is 5.48. The lowest BCUT2D eigenvalue weighted by Gasteiger charge is -2.28. The molecule has 0 aromatic rings. The topological polar surface area (TPSA) is 61.5 Å². The summed E-state index contributed by atoms with van der Waals surface area (Å²) in [5, 5.41) is 13.5. The summed E-state index contributed by atoms with van der Waals surface area (Å²) in [6.07, 6.45) is 0. The maximum absolute atomic E-state index is 8.66. The molecule has 4 N–H and O–H groups in total. The number of aliphatic hydroxyl groups excluding tert-OH is 1. The summed E-state index contributed by atoms with van der Waals surface area (Å²) in [6, 6.07) is 0.170. The third-order valence-corrected chi connectivity index (χ3v) is 1.51.